The minimum absolute atomic E-state index is 0.309. The summed E-state index contributed by atoms with van der Waals surface area (Å²) in [6, 6.07) is 0. The summed E-state index contributed by atoms with van der Waals surface area (Å²) >= 11 is 0. The highest BCUT2D eigenvalue weighted by molar-refractivity contribution is 7.90. The van der Waals surface area contributed by atoms with Gasteiger partial charge in [0, 0.05) is 12.8 Å². The Morgan fingerprint density at radius 1 is 1.16 bits per heavy atom. The Bertz CT molecular complexity index is 304. The van der Waals surface area contributed by atoms with Gasteiger partial charge < -0.3 is 4.90 Å². The smallest absolute Gasteiger partial charge is 0.148 e. The zero-order chi connectivity index (χ0) is 14.9. The monoisotopic (exact) mass is 291 g/mol. The molecule has 0 spiro atoms. The molecule has 1 fully saturated rings. The van der Waals surface area contributed by atoms with Crippen LogP contribution in [0.2, 0.25) is 0 Å². The van der Waals surface area contributed by atoms with E-state index in [1.165, 1.54) is 31.9 Å². The summed E-state index contributed by atoms with van der Waals surface area (Å²) in [4.78, 5) is 2.30. The number of hydrogen-bond acceptors (Lipinski definition) is 3. The Kier molecular flexibility index (Phi) is 9.71. The summed E-state index contributed by atoms with van der Waals surface area (Å²) in [5.74, 6) is 1.98. The Hall–Kier alpha value is -0.0900. The summed E-state index contributed by atoms with van der Waals surface area (Å²) in [6.07, 6.45) is 6.49. The molecule has 4 heteroatoms. The van der Waals surface area contributed by atoms with Crippen LogP contribution in [0.25, 0.3) is 0 Å². The van der Waals surface area contributed by atoms with Crippen molar-refractivity contribution in [2.45, 2.75) is 53.4 Å². The van der Waals surface area contributed by atoms with Crippen molar-refractivity contribution >= 4 is 9.84 Å². The zero-order valence-corrected chi connectivity index (χ0v) is 14.3. The fourth-order valence-corrected chi connectivity index (χ4v) is 2.95. The van der Waals surface area contributed by atoms with Gasteiger partial charge in [-0.25, -0.2) is 8.42 Å². The van der Waals surface area contributed by atoms with Gasteiger partial charge in [-0.2, -0.15) is 0 Å². The van der Waals surface area contributed by atoms with E-state index in [1.807, 2.05) is 13.8 Å². The van der Waals surface area contributed by atoms with Crippen LogP contribution in [0.15, 0.2) is 0 Å². The molecule has 19 heavy (non-hydrogen) atoms. The zero-order valence-electron chi connectivity index (χ0n) is 13.5. The number of rotatable bonds is 6. The van der Waals surface area contributed by atoms with Crippen LogP contribution in [0.3, 0.4) is 0 Å². The summed E-state index contributed by atoms with van der Waals surface area (Å²) in [6.45, 7) is 11.4. The third-order valence-corrected chi connectivity index (χ3v) is 4.56. The predicted molar refractivity (Wildman–Crippen MR) is 84.3 cm³/mol. The Morgan fingerprint density at radius 2 is 1.68 bits per heavy atom. The first-order chi connectivity index (χ1) is 8.87. The molecule has 1 heterocycles. The fourth-order valence-electron chi connectivity index (χ4n) is 2.36. The van der Waals surface area contributed by atoms with Gasteiger partial charge in [0.15, 0.2) is 0 Å². The maximum atomic E-state index is 11.1. The lowest BCUT2D eigenvalue weighted by molar-refractivity contribution is 0.183. The van der Waals surface area contributed by atoms with Crippen molar-refractivity contribution in [1.82, 2.24) is 4.90 Å². The van der Waals surface area contributed by atoms with Gasteiger partial charge in [0.05, 0.1) is 5.75 Å². The molecule has 0 aromatic carbocycles. The van der Waals surface area contributed by atoms with Crippen molar-refractivity contribution in [2.24, 2.45) is 11.8 Å². The molecular formula is C15H33NO2S. The normalized spacial score (nSPS) is 18.2. The SMILES string of the molecule is CC.CC(C)CCC1CCN(CCS(C)(=O)=O)CC1. The van der Waals surface area contributed by atoms with Crippen molar-refractivity contribution < 1.29 is 8.42 Å². The van der Waals surface area contributed by atoms with Gasteiger partial charge in [0.2, 0.25) is 0 Å². The molecule has 1 saturated heterocycles. The van der Waals surface area contributed by atoms with E-state index in [9.17, 15) is 8.42 Å². The van der Waals surface area contributed by atoms with Crippen LogP contribution in [0.5, 0.6) is 0 Å². The van der Waals surface area contributed by atoms with Gasteiger partial charge in [-0.15, -0.1) is 0 Å². The molecule has 116 valence electrons. The number of piperidine rings is 1. The van der Waals surface area contributed by atoms with Crippen molar-refractivity contribution in [3.63, 3.8) is 0 Å². The highest BCUT2D eigenvalue weighted by Gasteiger charge is 2.19. The van der Waals surface area contributed by atoms with Crippen molar-refractivity contribution in [1.29, 1.82) is 0 Å². The number of hydrogen-bond donors (Lipinski definition) is 0. The van der Waals surface area contributed by atoms with Crippen molar-refractivity contribution in [3.8, 4) is 0 Å². The van der Waals surface area contributed by atoms with Gasteiger partial charge in [0.1, 0.15) is 9.84 Å². The lowest BCUT2D eigenvalue weighted by Gasteiger charge is -2.32. The standard InChI is InChI=1S/C13H27NO2S.C2H6/c1-12(2)4-5-13-6-8-14(9-7-13)10-11-17(3,15)16;1-2/h12-13H,4-11H2,1-3H3;1-2H3. The first-order valence-corrected chi connectivity index (χ1v) is 9.83. The van der Waals surface area contributed by atoms with Crippen LogP contribution in [0.4, 0.5) is 0 Å². The third-order valence-electron chi connectivity index (χ3n) is 3.64. The van der Waals surface area contributed by atoms with Gasteiger partial charge in [-0.3, -0.25) is 0 Å². The van der Waals surface area contributed by atoms with Crippen LogP contribution in [0, 0.1) is 11.8 Å². The van der Waals surface area contributed by atoms with Crippen LogP contribution in [-0.4, -0.2) is 45.0 Å². The number of sulfone groups is 1. The summed E-state index contributed by atoms with van der Waals surface area (Å²) in [7, 11) is -2.80. The summed E-state index contributed by atoms with van der Waals surface area (Å²) in [5.41, 5.74) is 0. The molecule has 0 atom stereocenters. The van der Waals surface area contributed by atoms with Gasteiger partial charge in [0.25, 0.3) is 0 Å². The highest BCUT2D eigenvalue weighted by Crippen LogP contribution is 2.23. The van der Waals surface area contributed by atoms with Crippen LogP contribution < -0.4 is 0 Å². The molecule has 0 bridgehead atoms. The topological polar surface area (TPSA) is 37.4 Å². The van der Waals surface area contributed by atoms with E-state index in [2.05, 4.69) is 18.7 Å². The molecule has 0 unspecified atom stereocenters. The average Bonchev–Trinajstić information content (AvgIpc) is 2.36. The molecule has 0 radical (unpaired) electrons. The van der Waals surface area contributed by atoms with Gasteiger partial charge >= 0.3 is 0 Å². The number of likely N-dealkylation sites (tertiary alicyclic amines) is 1. The molecule has 0 amide bonds. The molecule has 0 aliphatic carbocycles. The molecule has 1 aliphatic heterocycles. The Balaban J connectivity index is 0.00000154. The van der Waals surface area contributed by atoms with E-state index in [4.69, 9.17) is 0 Å². The second kappa shape index (κ2) is 9.76. The Morgan fingerprint density at radius 3 is 2.11 bits per heavy atom. The van der Waals surface area contributed by atoms with E-state index in [1.54, 1.807) is 0 Å². The first-order valence-electron chi connectivity index (χ1n) is 7.77. The van der Waals surface area contributed by atoms with Crippen molar-refractivity contribution in [3.05, 3.63) is 0 Å². The first kappa shape index (κ1) is 18.9. The minimum Gasteiger partial charge on any atom is -0.302 e. The lowest BCUT2D eigenvalue weighted by atomic mass is 9.90. The molecule has 3 nitrogen and oxygen atoms in total. The van der Waals surface area contributed by atoms with Crippen LogP contribution >= 0.6 is 0 Å². The van der Waals surface area contributed by atoms with E-state index in [-0.39, 0.29) is 0 Å². The largest absolute Gasteiger partial charge is 0.302 e. The Labute approximate surface area is 120 Å². The fraction of sp³-hybridized carbons (Fsp3) is 1.00. The molecular weight excluding hydrogens is 258 g/mol. The minimum atomic E-state index is -2.80. The molecule has 1 aliphatic rings. The maximum absolute atomic E-state index is 11.1. The van der Waals surface area contributed by atoms with Crippen LogP contribution in [0.1, 0.15) is 53.4 Å². The quantitative estimate of drug-likeness (QED) is 0.754. The van der Waals surface area contributed by atoms with E-state index < -0.39 is 9.84 Å². The summed E-state index contributed by atoms with van der Waals surface area (Å²) < 4.78 is 22.2. The van der Waals surface area contributed by atoms with E-state index in [0.29, 0.717) is 5.75 Å². The molecule has 0 N–H and O–H groups in total. The molecule has 0 aromatic rings. The van der Waals surface area contributed by atoms with Gasteiger partial charge in [-0.05, 0) is 37.8 Å². The highest BCUT2D eigenvalue weighted by atomic mass is 32.2. The lowest BCUT2D eigenvalue weighted by Crippen LogP contribution is -2.36. The maximum Gasteiger partial charge on any atom is 0.148 e. The van der Waals surface area contributed by atoms with Gasteiger partial charge in [-0.1, -0.05) is 40.5 Å². The summed E-state index contributed by atoms with van der Waals surface area (Å²) in [5, 5.41) is 0. The van der Waals surface area contributed by atoms with Crippen molar-refractivity contribution in [2.75, 3.05) is 31.6 Å². The third kappa shape index (κ3) is 10.4. The second-order valence-corrected chi connectivity index (χ2v) is 8.15. The average molecular weight is 292 g/mol. The second-order valence-electron chi connectivity index (χ2n) is 5.89. The number of nitrogens with zero attached hydrogens (tertiary/aromatic N) is 1. The predicted octanol–water partition coefficient (Wildman–Crippen LogP) is 3.21. The van der Waals surface area contributed by atoms with E-state index in [0.717, 1.165) is 31.5 Å². The van der Waals surface area contributed by atoms with Crippen LogP contribution in [-0.2, 0) is 9.84 Å². The molecule has 0 aromatic heterocycles. The van der Waals surface area contributed by atoms with E-state index >= 15 is 0 Å². The molecule has 1 rings (SSSR count). The molecule has 0 saturated carbocycles.